The maximum atomic E-state index is 13.8. The first-order valence-corrected chi connectivity index (χ1v) is 15.1. The zero-order valence-electron chi connectivity index (χ0n) is 25.5. The van der Waals surface area contributed by atoms with Crippen molar-refractivity contribution >= 4 is 47.1 Å². The van der Waals surface area contributed by atoms with Crippen molar-refractivity contribution in [2.45, 2.75) is 71.1 Å². The van der Waals surface area contributed by atoms with Crippen LogP contribution in [0.2, 0.25) is 0 Å². The van der Waals surface area contributed by atoms with Crippen LogP contribution in [-0.4, -0.2) is 75.4 Å². The second-order valence-electron chi connectivity index (χ2n) is 12.1. The fourth-order valence-corrected chi connectivity index (χ4v) is 5.90. The van der Waals surface area contributed by atoms with Gasteiger partial charge in [0.15, 0.2) is 11.5 Å². The first-order chi connectivity index (χ1) is 21.3. The third-order valence-corrected chi connectivity index (χ3v) is 8.37. The molecule has 2 aliphatic rings. The Morgan fingerprint density at radius 2 is 1.87 bits per heavy atom. The minimum Gasteiger partial charge on any atom is -0.481 e. The maximum absolute atomic E-state index is 13.8. The fraction of sp³-hybridized carbons (Fsp3) is 0.533. The number of hydrogen-bond acceptors (Lipinski definition) is 10. The molecule has 1 saturated carbocycles. The van der Waals surface area contributed by atoms with E-state index < -0.39 is 48.0 Å². The number of anilines is 4. The molecule has 15 nitrogen and oxygen atoms in total. The molecule has 2 aromatic rings. The van der Waals surface area contributed by atoms with Gasteiger partial charge in [0.25, 0.3) is 11.5 Å². The lowest BCUT2D eigenvalue weighted by molar-refractivity contribution is -0.140. The number of nitrogen functional groups attached to an aromatic ring is 1. The van der Waals surface area contributed by atoms with Crippen molar-refractivity contribution in [1.82, 2.24) is 15.3 Å². The molecule has 0 spiro atoms. The molecule has 8 N–H and O–H groups in total. The SMILES string of the molecule is CC(C)[C@@H]1CC[C@@H](C)C[C@H]1OC(=O)N1c2c(nc(N)[nH]c2=O)NC[C@@H]1CNc1ccc(C(=O)N[C@@H](CCC(=O)O)C(=O)O)cc1. The quantitative estimate of drug-likeness (QED) is 0.191. The van der Waals surface area contributed by atoms with Gasteiger partial charge in [0, 0.05) is 30.8 Å². The molecule has 15 heteroatoms. The monoisotopic (exact) mass is 627 g/mol. The number of rotatable bonds is 11. The Morgan fingerprint density at radius 3 is 2.51 bits per heavy atom. The lowest BCUT2D eigenvalue weighted by atomic mass is 9.75. The van der Waals surface area contributed by atoms with Gasteiger partial charge in [-0.1, -0.05) is 27.2 Å². The summed E-state index contributed by atoms with van der Waals surface area (Å²) in [6.45, 7) is 6.81. The van der Waals surface area contributed by atoms with E-state index in [9.17, 15) is 29.1 Å². The molecule has 1 aliphatic heterocycles. The summed E-state index contributed by atoms with van der Waals surface area (Å²) in [6, 6.07) is 4.29. The second kappa shape index (κ2) is 14.3. The number of nitrogens with zero attached hydrogens (tertiary/aromatic N) is 2. The van der Waals surface area contributed by atoms with E-state index in [1.54, 1.807) is 12.1 Å². The van der Waals surface area contributed by atoms with Gasteiger partial charge in [-0.15, -0.1) is 0 Å². The molecule has 244 valence electrons. The van der Waals surface area contributed by atoms with Crippen LogP contribution in [0.1, 0.15) is 63.2 Å². The number of aromatic amines is 1. The zero-order valence-corrected chi connectivity index (χ0v) is 25.5. The van der Waals surface area contributed by atoms with E-state index in [2.05, 4.69) is 46.7 Å². The van der Waals surface area contributed by atoms with Gasteiger partial charge in [0.1, 0.15) is 12.1 Å². The molecule has 1 fully saturated rings. The van der Waals surface area contributed by atoms with Crippen molar-refractivity contribution in [2.75, 3.05) is 34.4 Å². The van der Waals surface area contributed by atoms with E-state index in [1.807, 2.05) is 0 Å². The lowest BCUT2D eigenvalue weighted by Gasteiger charge is -2.40. The van der Waals surface area contributed by atoms with Gasteiger partial charge >= 0.3 is 18.0 Å². The van der Waals surface area contributed by atoms with Crippen molar-refractivity contribution in [2.24, 2.45) is 17.8 Å². The normalized spacial score (nSPS) is 21.6. The van der Waals surface area contributed by atoms with Crippen molar-refractivity contribution < 1.29 is 34.1 Å². The predicted octanol–water partition coefficient (Wildman–Crippen LogP) is 2.71. The summed E-state index contributed by atoms with van der Waals surface area (Å²) in [5.41, 5.74) is 5.96. The van der Waals surface area contributed by atoms with Crippen molar-refractivity contribution in [3.8, 4) is 0 Å². The van der Waals surface area contributed by atoms with Gasteiger partial charge in [0.2, 0.25) is 5.95 Å². The van der Waals surface area contributed by atoms with Crippen molar-refractivity contribution in [1.29, 1.82) is 0 Å². The van der Waals surface area contributed by atoms with Crippen LogP contribution < -0.4 is 32.1 Å². The number of amides is 2. The molecule has 2 heterocycles. The number of fused-ring (bicyclic) bond motifs is 1. The highest BCUT2D eigenvalue weighted by Gasteiger charge is 2.39. The maximum Gasteiger partial charge on any atom is 0.415 e. The van der Waals surface area contributed by atoms with Gasteiger partial charge in [-0.25, -0.2) is 9.59 Å². The number of carboxylic acids is 2. The number of aliphatic carboxylic acids is 2. The fourth-order valence-electron chi connectivity index (χ4n) is 5.90. The minimum atomic E-state index is -1.35. The molecule has 5 atom stereocenters. The third-order valence-electron chi connectivity index (χ3n) is 8.37. The van der Waals surface area contributed by atoms with Crippen LogP contribution in [0, 0.1) is 17.8 Å². The molecule has 1 aromatic heterocycles. The summed E-state index contributed by atoms with van der Waals surface area (Å²) >= 11 is 0. The number of carbonyl (C=O) groups excluding carboxylic acids is 2. The first-order valence-electron chi connectivity index (χ1n) is 15.1. The number of H-pyrrole nitrogens is 1. The summed E-state index contributed by atoms with van der Waals surface area (Å²) < 4.78 is 6.12. The van der Waals surface area contributed by atoms with Gasteiger partial charge < -0.3 is 36.6 Å². The summed E-state index contributed by atoms with van der Waals surface area (Å²) in [4.78, 5) is 69.7. The van der Waals surface area contributed by atoms with Gasteiger partial charge in [0.05, 0.1) is 6.04 Å². The Labute approximate surface area is 259 Å². The number of nitrogens with one attached hydrogen (secondary N) is 4. The molecular formula is C30H41N7O8. The Morgan fingerprint density at radius 1 is 1.16 bits per heavy atom. The molecule has 0 saturated heterocycles. The number of hydrogen-bond donors (Lipinski definition) is 7. The summed E-state index contributed by atoms with van der Waals surface area (Å²) in [5.74, 6) is -2.14. The average Bonchev–Trinajstić information content (AvgIpc) is 2.97. The summed E-state index contributed by atoms with van der Waals surface area (Å²) in [5, 5.41) is 26.8. The zero-order chi connectivity index (χ0) is 32.8. The van der Waals surface area contributed by atoms with E-state index in [0.717, 1.165) is 19.3 Å². The topological polar surface area (TPSA) is 229 Å². The summed E-state index contributed by atoms with van der Waals surface area (Å²) in [6.07, 6.45) is 1.15. The Bertz CT molecular complexity index is 1460. The molecule has 1 aliphatic carbocycles. The second-order valence-corrected chi connectivity index (χ2v) is 12.1. The number of aromatic nitrogens is 2. The highest BCUT2D eigenvalue weighted by atomic mass is 16.6. The number of benzene rings is 1. The standard InChI is InChI=1S/C30H41N7O8/c1-15(2)20-9-4-16(3)12-22(20)45-30(44)37-19(14-33-25-24(37)27(41)36-29(31)35-25)13-32-18-7-5-17(6-8-18)26(40)34-21(28(42)43)10-11-23(38)39/h5-8,15-16,19-22,32H,4,9-14H2,1-3H3,(H,34,40)(H,38,39)(H,42,43)(H4,31,33,35,36,41)/t16-,19+,20+,21+,22-/m1/s1. The highest BCUT2D eigenvalue weighted by molar-refractivity contribution is 5.97. The minimum absolute atomic E-state index is 0.0140. The number of carbonyl (C=O) groups is 4. The Hall–Kier alpha value is -4.82. The van der Waals surface area contributed by atoms with E-state index in [1.165, 1.54) is 17.0 Å². The van der Waals surface area contributed by atoms with Crippen LogP contribution in [0.5, 0.6) is 0 Å². The van der Waals surface area contributed by atoms with E-state index in [4.69, 9.17) is 15.6 Å². The largest absolute Gasteiger partial charge is 0.481 e. The lowest BCUT2D eigenvalue weighted by Crippen LogP contribution is -2.54. The molecule has 4 rings (SSSR count). The molecular weight excluding hydrogens is 586 g/mol. The first kappa shape index (κ1) is 33.1. The van der Waals surface area contributed by atoms with E-state index in [0.29, 0.717) is 17.5 Å². The smallest absolute Gasteiger partial charge is 0.415 e. The van der Waals surface area contributed by atoms with Gasteiger partial charge in [-0.2, -0.15) is 4.98 Å². The predicted molar refractivity (Wildman–Crippen MR) is 166 cm³/mol. The Balaban J connectivity index is 1.48. The van der Waals surface area contributed by atoms with Crippen LogP contribution in [0.25, 0.3) is 0 Å². The van der Waals surface area contributed by atoms with Gasteiger partial charge in [-0.3, -0.25) is 24.3 Å². The molecule has 0 bridgehead atoms. The number of nitrogens with two attached hydrogens (primary N) is 1. The van der Waals surface area contributed by atoms with E-state index >= 15 is 0 Å². The molecule has 45 heavy (non-hydrogen) atoms. The molecule has 1 aromatic carbocycles. The number of ether oxygens (including phenoxy) is 1. The van der Waals surface area contributed by atoms with Crippen LogP contribution >= 0.6 is 0 Å². The third kappa shape index (κ3) is 8.22. The van der Waals surface area contributed by atoms with Crippen LogP contribution in [0.3, 0.4) is 0 Å². The van der Waals surface area contributed by atoms with Gasteiger partial charge in [-0.05, 0) is 61.3 Å². The van der Waals surface area contributed by atoms with E-state index in [-0.39, 0.29) is 54.5 Å². The molecule has 0 radical (unpaired) electrons. The molecule has 2 amide bonds. The number of carboxylic acid groups (broad SMARTS) is 2. The van der Waals surface area contributed by atoms with Crippen molar-refractivity contribution in [3.63, 3.8) is 0 Å². The molecule has 0 unspecified atom stereocenters. The summed E-state index contributed by atoms with van der Waals surface area (Å²) in [7, 11) is 0. The van der Waals surface area contributed by atoms with Crippen LogP contribution in [0.4, 0.5) is 27.9 Å². The van der Waals surface area contributed by atoms with Crippen molar-refractivity contribution in [3.05, 3.63) is 40.2 Å². The van der Waals surface area contributed by atoms with Crippen LogP contribution in [0.15, 0.2) is 29.1 Å². The van der Waals surface area contributed by atoms with Crippen LogP contribution in [-0.2, 0) is 14.3 Å². The highest BCUT2D eigenvalue weighted by Crippen LogP contribution is 2.36. The Kier molecular flexibility index (Phi) is 10.5. The average molecular weight is 628 g/mol.